The number of amides is 1. The summed E-state index contributed by atoms with van der Waals surface area (Å²) in [6, 6.07) is 2.13. The largest absolute Gasteiger partial charge is 0.496 e. The average Bonchev–Trinajstić information content (AvgIpc) is 3.06. The molecular formula is C24H33NO4. The maximum absolute atomic E-state index is 12.4. The van der Waals surface area contributed by atoms with Crippen LogP contribution < -0.4 is 10.1 Å². The van der Waals surface area contributed by atoms with Crippen molar-refractivity contribution in [2.45, 2.75) is 65.9 Å². The van der Waals surface area contributed by atoms with Gasteiger partial charge in [-0.25, -0.2) is 0 Å². The molecule has 2 aromatic rings. The zero-order chi connectivity index (χ0) is 21.0. The molecule has 1 amide bonds. The van der Waals surface area contributed by atoms with Crippen molar-refractivity contribution in [1.29, 1.82) is 0 Å². The topological polar surface area (TPSA) is 60.7 Å². The number of benzene rings is 1. The van der Waals surface area contributed by atoms with Crippen LogP contribution >= 0.6 is 0 Å². The van der Waals surface area contributed by atoms with E-state index in [2.05, 4.69) is 11.4 Å². The first-order chi connectivity index (χ1) is 13.9. The van der Waals surface area contributed by atoms with Crippen molar-refractivity contribution in [3.8, 4) is 5.75 Å². The molecule has 1 aliphatic rings. The highest BCUT2D eigenvalue weighted by molar-refractivity contribution is 5.98. The summed E-state index contributed by atoms with van der Waals surface area (Å²) in [5.41, 5.74) is 5.06. The quantitative estimate of drug-likeness (QED) is 0.503. The van der Waals surface area contributed by atoms with Gasteiger partial charge in [0.25, 0.3) is 0 Å². The zero-order valence-electron chi connectivity index (χ0n) is 18.3. The highest BCUT2D eigenvalue weighted by Gasteiger charge is 2.23. The second kappa shape index (κ2) is 9.49. The lowest BCUT2D eigenvalue weighted by Crippen LogP contribution is -2.23. The number of furan rings is 1. The van der Waals surface area contributed by atoms with Crippen LogP contribution in [0.2, 0.25) is 0 Å². The molecule has 0 saturated carbocycles. The van der Waals surface area contributed by atoms with Crippen molar-refractivity contribution in [3.05, 3.63) is 34.6 Å². The molecule has 0 radical (unpaired) electrons. The van der Waals surface area contributed by atoms with Gasteiger partial charge in [0.15, 0.2) is 0 Å². The number of carbonyl (C=O) groups is 1. The molecule has 1 aliphatic carbocycles. The first-order valence-electron chi connectivity index (χ1n) is 10.6. The van der Waals surface area contributed by atoms with Crippen LogP contribution in [0.5, 0.6) is 5.75 Å². The Balaban J connectivity index is 1.82. The van der Waals surface area contributed by atoms with Gasteiger partial charge in [0.05, 0.1) is 13.2 Å². The van der Waals surface area contributed by atoms with Crippen molar-refractivity contribution >= 4 is 22.4 Å². The zero-order valence-corrected chi connectivity index (χ0v) is 18.3. The molecule has 29 heavy (non-hydrogen) atoms. The van der Waals surface area contributed by atoms with E-state index in [1.807, 2.05) is 27.7 Å². The Hall–Kier alpha value is -2.27. The van der Waals surface area contributed by atoms with Crippen LogP contribution in [0.4, 0.5) is 0 Å². The number of aryl methyl sites for hydroxylation is 3. The summed E-state index contributed by atoms with van der Waals surface area (Å²) in [7, 11) is 1.67. The fourth-order valence-corrected chi connectivity index (χ4v) is 4.02. The van der Waals surface area contributed by atoms with Gasteiger partial charge in [-0.1, -0.05) is 0 Å². The van der Waals surface area contributed by atoms with E-state index < -0.39 is 0 Å². The Morgan fingerprint density at radius 2 is 2.07 bits per heavy atom. The monoisotopic (exact) mass is 399 g/mol. The van der Waals surface area contributed by atoms with Crippen LogP contribution in [0.3, 0.4) is 0 Å². The van der Waals surface area contributed by atoms with Crippen LogP contribution in [-0.4, -0.2) is 32.3 Å². The minimum Gasteiger partial charge on any atom is -0.496 e. The molecule has 158 valence electrons. The Labute approximate surface area is 173 Å². The van der Waals surface area contributed by atoms with E-state index in [4.69, 9.17) is 13.9 Å². The second-order valence-corrected chi connectivity index (χ2v) is 8.06. The number of fused-ring (bicyclic) bond motifs is 3. The predicted octanol–water partition coefficient (Wildman–Crippen LogP) is 4.96. The maximum atomic E-state index is 12.4. The lowest BCUT2D eigenvalue weighted by atomic mass is 9.93. The summed E-state index contributed by atoms with van der Waals surface area (Å²) in [5.74, 6) is 1.79. The van der Waals surface area contributed by atoms with Crippen LogP contribution in [0.15, 0.2) is 16.6 Å². The Kier molecular flexibility index (Phi) is 7.01. The first kappa shape index (κ1) is 21.4. The van der Waals surface area contributed by atoms with E-state index >= 15 is 0 Å². The Morgan fingerprint density at radius 1 is 1.31 bits per heavy atom. The van der Waals surface area contributed by atoms with Crippen molar-refractivity contribution in [2.75, 3.05) is 20.3 Å². The molecule has 0 atom stereocenters. The smallest absolute Gasteiger partial charge is 0.244 e. The van der Waals surface area contributed by atoms with Gasteiger partial charge in [0.2, 0.25) is 5.91 Å². The van der Waals surface area contributed by atoms with Gasteiger partial charge in [-0.2, -0.15) is 0 Å². The van der Waals surface area contributed by atoms with Gasteiger partial charge in [0.1, 0.15) is 17.1 Å². The van der Waals surface area contributed by atoms with Gasteiger partial charge in [0, 0.05) is 47.7 Å². The van der Waals surface area contributed by atoms with E-state index in [1.165, 1.54) is 18.4 Å². The van der Waals surface area contributed by atoms with E-state index in [9.17, 15) is 4.79 Å². The summed E-state index contributed by atoms with van der Waals surface area (Å²) < 4.78 is 17.4. The van der Waals surface area contributed by atoms with Crippen LogP contribution in [0.25, 0.3) is 16.5 Å². The van der Waals surface area contributed by atoms with Crippen molar-refractivity contribution in [1.82, 2.24) is 5.32 Å². The molecule has 0 bridgehead atoms. The van der Waals surface area contributed by atoms with Gasteiger partial charge in [-0.15, -0.1) is 0 Å². The molecule has 5 nitrogen and oxygen atoms in total. The Morgan fingerprint density at radius 3 is 2.79 bits per heavy atom. The van der Waals surface area contributed by atoms with Crippen LogP contribution in [0.1, 0.15) is 62.5 Å². The lowest BCUT2D eigenvalue weighted by Gasteiger charge is -2.13. The minimum atomic E-state index is -0.0962. The third kappa shape index (κ3) is 4.84. The predicted molar refractivity (Wildman–Crippen MR) is 117 cm³/mol. The summed E-state index contributed by atoms with van der Waals surface area (Å²) >= 11 is 0. The molecule has 5 heteroatoms. The van der Waals surface area contributed by atoms with Gasteiger partial charge in [-0.3, -0.25) is 4.79 Å². The molecular weight excluding hydrogens is 366 g/mol. The van der Waals surface area contributed by atoms with Crippen molar-refractivity contribution in [2.24, 2.45) is 0 Å². The second-order valence-electron chi connectivity index (χ2n) is 8.06. The number of nitrogens with one attached hydrogen (secondary N) is 1. The normalized spacial score (nSPS) is 14.3. The fraction of sp³-hybridized carbons (Fsp3) is 0.542. The van der Waals surface area contributed by atoms with E-state index in [-0.39, 0.29) is 12.0 Å². The molecule has 0 spiro atoms. The Bertz CT molecular complexity index is 907. The van der Waals surface area contributed by atoms with Gasteiger partial charge in [-0.05, 0) is 65.0 Å². The first-order valence-corrected chi connectivity index (χ1v) is 10.6. The van der Waals surface area contributed by atoms with Crippen molar-refractivity contribution in [3.63, 3.8) is 0 Å². The highest BCUT2D eigenvalue weighted by atomic mass is 16.5. The van der Waals surface area contributed by atoms with E-state index in [1.54, 1.807) is 13.2 Å². The third-order valence-electron chi connectivity index (χ3n) is 5.47. The van der Waals surface area contributed by atoms with E-state index in [0.29, 0.717) is 13.2 Å². The molecule has 1 N–H and O–H groups in total. The van der Waals surface area contributed by atoms with Gasteiger partial charge < -0.3 is 19.2 Å². The van der Waals surface area contributed by atoms with E-state index in [0.717, 1.165) is 58.4 Å². The summed E-state index contributed by atoms with van der Waals surface area (Å²) in [6.45, 7) is 9.25. The maximum Gasteiger partial charge on any atom is 0.244 e. The number of carbonyl (C=O) groups excluding carboxylic acids is 1. The number of hydrogen-bond acceptors (Lipinski definition) is 4. The summed E-state index contributed by atoms with van der Waals surface area (Å²) in [4.78, 5) is 12.4. The number of rotatable bonds is 8. The van der Waals surface area contributed by atoms with Gasteiger partial charge >= 0.3 is 0 Å². The molecule has 0 fully saturated rings. The standard InChI is InChI=1S/C24H33NO4/c1-15(2)28-12-8-11-25-22(26)13-16(3)19-14-20-18-9-6-7-10-21(18)29-24(20)17(4)23(19)27-5/h13-15H,6-12H2,1-5H3,(H,25,26)/b16-13+. The molecule has 3 rings (SSSR count). The molecule has 0 saturated heterocycles. The van der Waals surface area contributed by atoms with Crippen LogP contribution in [-0.2, 0) is 22.4 Å². The lowest BCUT2D eigenvalue weighted by molar-refractivity contribution is -0.116. The fourth-order valence-electron chi connectivity index (χ4n) is 4.02. The third-order valence-corrected chi connectivity index (χ3v) is 5.47. The average molecular weight is 400 g/mol. The minimum absolute atomic E-state index is 0.0962. The highest BCUT2D eigenvalue weighted by Crippen LogP contribution is 2.40. The number of methoxy groups -OCH3 is 1. The SMILES string of the molecule is COc1c(/C(C)=C/C(=O)NCCCOC(C)C)cc2c3c(oc2c1C)CCCC3. The number of ether oxygens (including phenoxy) is 2. The summed E-state index contributed by atoms with van der Waals surface area (Å²) in [6.07, 6.45) is 7.09. The van der Waals surface area contributed by atoms with Crippen LogP contribution in [0, 0.1) is 6.92 Å². The van der Waals surface area contributed by atoms with Crippen molar-refractivity contribution < 1.29 is 18.7 Å². The number of hydrogen-bond donors (Lipinski definition) is 1. The molecule has 1 aromatic carbocycles. The molecule has 1 heterocycles. The molecule has 0 unspecified atom stereocenters. The molecule has 1 aromatic heterocycles. The summed E-state index contributed by atoms with van der Waals surface area (Å²) in [5, 5.41) is 4.10. The molecule has 0 aliphatic heterocycles. The number of allylic oxidation sites excluding steroid dienone is 1.